The van der Waals surface area contributed by atoms with E-state index >= 15 is 0 Å². The van der Waals surface area contributed by atoms with E-state index in [4.69, 9.17) is 14.5 Å². The molecule has 1 aromatic heterocycles. The minimum absolute atomic E-state index is 0.0479. The molecule has 226 valence electrons. The molecular weight excluding hydrogens is 538 g/mol. The highest BCUT2D eigenvalue weighted by Crippen LogP contribution is 2.37. The van der Waals surface area contributed by atoms with E-state index in [1.54, 1.807) is 41.2 Å². The molecular formula is C30H41N7O5. The number of rotatable bonds is 6. The topological polar surface area (TPSA) is 129 Å². The molecule has 12 nitrogen and oxygen atoms in total. The van der Waals surface area contributed by atoms with Gasteiger partial charge in [-0.05, 0) is 58.2 Å². The van der Waals surface area contributed by atoms with E-state index in [0.717, 1.165) is 18.7 Å². The third-order valence-electron chi connectivity index (χ3n) is 7.97. The van der Waals surface area contributed by atoms with Gasteiger partial charge in [0.25, 0.3) is 5.91 Å². The SMILES string of the molecule is COc1cc(C(=O)N[C@@H]2CCN(C(=O)OC(C)(C)C)C2)ccc1Nc1ncc2c(n1)N(C1CCCC1)CCC(=O)N2C. The molecule has 42 heavy (non-hydrogen) atoms. The first-order valence-electron chi connectivity index (χ1n) is 14.7. The van der Waals surface area contributed by atoms with Gasteiger partial charge < -0.3 is 34.8 Å². The van der Waals surface area contributed by atoms with Crippen LogP contribution in [0.3, 0.4) is 0 Å². The van der Waals surface area contributed by atoms with E-state index in [-0.39, 0.29) is 23.9 Å². The second-order valence-electron chi connectivity index (χ2n) is 12.2. The first kappa shape index (κ1) is 29.4. The molecule has 5 rings (SSSR count). The van der Waals surface area contributed by atoms with Crippen molar-refractivity contribution < 1.29 is 23.9 Å². The molecule has 2 aliphatic heterocycles. The van der Waals surface area contributed by atoms with Crippen molar-refractivity contribution in [1.29, 1.82) is 0 Å². The second kappa shape index (κ2) is 12.0. The van der Waals surface area contributed by atoms with E-state index in [1.807, 2.05) is 20.8 Å². The number of fused-ring (bicyclic) bond motifs is 1. The average Bonchev–Trinajstić information content (AvgIpc) is 3.63. The van der Waals surface area contributed by atoms with Gasteiger partial charge in [-0.2, -0.15) is 4.98 Å². The number of hydrogen-bond donors (Lipinski definition) is 2. The van der Waals surface area contributed by atoms with Gasteiger partial charge in [0.1, 0.15) is 17.0 Å². The molecule has 12 heteroatoms. The van der Waals surface area contributed by atoms with Crippen LogP contribution in [-0.4, -0.2) is 84.3 Å². The fraction of sp³-hybridized carbons (Fsp3) is 0.567. The highest BCUT2D eigenvalue weighted by molar-refractivity contribution is 5.97. The summed E-state index contributed by atoms with van der Waals surface area (Å²) in [4.78, 5) is 53.0. The molecule has 0 bridgehead atoms. The second-order valence-corrected chi connectivity index (χ2v) is 12.2. The number of methoxy groups -OCH3 is 1. The summed E-state index contributed by atoms with van der Waals surface area (Å²) in [5.41, 5.74) is 1.17. The van der Waals surface area contributed by atoms with Gasteiger partial charge in [0.05, 0.1) is 19.0 Å². The summed E-state index contributed by atoms with van der Waals surface area (Å²) in [6, 6.07) is 5.32. The number of amides is 3. The van der Waals surface area contributed by atoms with Crippen LogP contribution >= 0.6 is 0 Å². The van der Waals surface area contributed by atoms with E-state index in [0.29, 0.717) is 67.2 Å². The zero-order valence-electron chi connectivity index (χ0n) is 25.1. The summed E-state index contributed by atoms with van der Waals surface area (Å²) in [5, 5.41) is 6.26. The van der Waals surface area contributed by atoms with Crippen LogP contribution in [0.2, 0.25) is 0 Å². The Balaban J connectivity index is 1.29. The molecule has 1 atom stereocenters. The van der Waals surface area contributed by atoms with Crippen molar-refractivity contribution >= 4 is 41.0 Å². The molecule has 3 heterocycles. The highest BCUT2D eigenvalue weighted by atomic mass is 16.6. The van der Waals surface area contributed by atoms with Crippen molar-refractivity contribution in [3.8, 4) is 5.75 Å². The predicted molar refractivity (Wildman–Crippen MR) is 160 cm³/mol. The molecule has 1 saturated heterocycles. The minimum Gasteiger partial charge on any atom is -0.495 e. The normalized spacial score (nSPS) is 19.4. The number of nitrogens with one attached hydrogen (secondary N) is 2. The van der Waals surface area contributed by atoms with E-state index in [1.165, 1.54) is 20.0 Å². The van der Waals surface area contributed by atoms with Crippen molar-refractivity contribution in [2.45, 2.75) is 77.0 Å². The van der Waals surface area contributed by atoms with Crippen LogP contribution in [-0.2, 0) is 9.53 Å². The number of nitrogens with zero attached hydrogens (tertiary/aromatic N) is 5. The maximum atomic E-state index is 13.1. The van der Waals surface area contributed by atoms with Crippen molar-refractivity contribution in [3.05, 3.63) is 30.0 Å². The molecule has 1 saturated carbocycles. The Morgan fingerprint density at radius 3 is 2.57 bits per heavy atom. The van der Waals surface area contributed by atoms with Crippen LogP contribution in [0.15, 0.2) is 24.4 Å². The monoisotopic (exact) mass is 579 g/mol. The van der Waals surface area contributed by atoms with Crippen molar-refractivity contribution in [2.75, 3.05) is 48.9 Å². The molecule has 0 unspecified atom stereocenters. The zero-order valence-corrected chi connectivity index (χ0v) is 25.1. The summed E-state index contributed by atoms with van der Waals surface area (Å²) >= 11 is 0. The van der Waals surface area contributed by atoms with Crippen molar-refractivity contribution in [1.82, 2.24) is 20.2 Å². The Kier molecular flexibility index (Phi) is 8.42. The Hall–Kier alpha value is -4.09. The standard InChI is InChI=1S/C30H41N7O5/c1-30(2,3)42-29(40)36-14-12-20(18-36)32-27(39)19-10-11-22(24(16-19)41-5)33-28-31-17-23-26(34-28)37(21-8-6-7-9-21)15-13-25(38)35(23)4/h10-11,16-17,20-21H,6-9,12-15,18H2,1-5H3,(H,32,39)(H,31,33,34)/t20-/m1/s1. The van der Waals surface area contributed by atoms with Crippen LogP contribution < -0.4 is 25.2 Å². The van der Waals surface area contributed by atoms with Gasteiger partial charge in [0.15, 0.2) is 5.82 Å². The van der Waals surface area contributed by atoms with Crippen LogP contribution in [0.4, 0.5) is 27.9 Å². The van der Waals surface area contributed by atoms with Crippen LogP contribution in [0.25, 0.3) is 0 Å². The highest BCUT2D eigenvalue weighted by Gasteiger charge is 2.33. The molecule has 1 aromatic carbocycles. The summed E-state index contributed by atoms with van der Waals surface area (Å²) in [7, 11) is 3.31. The average molecular weight is 580 g/mol. The summed E-state index contributed by atoms with van der Waals surface area (Å²) in [6.45, 7) is 7.03. The first-order valence-corrected chi connectivity index (χ1v) is 14.7. The molecule has 1 aliphatic carbocycles. The van der Waals surface area contributed by atoms with Crippen LogP contribution in [0.5, 0.6) is 5.75 Å². The van der Waals surface area contributed by atoms with Gasteiger partial charge in [-0.1, -0.05) is 12.8 Å². The summed E-state index contributed by atoms with van der Waals surface area (Å²) < 4.78 is 11.1. The van der Waals surface area contributed by atoms with Gasteiger partial charge in [-0.25, -0.2) is 9.78 Å². The smallest absolute Gasteiger partial charge is 0.410 e. The van der Waals surface area contributed by atoms with E-state index in [2.05, 4.69) is 20.5 Å². The van der Waals surface area contributed by atoms with Crippen molar-refractivity contribution in [2.24, 2.45) is 0 Å². The number of ether oxygens (including phenoxy) is 2. The molecule has 0 spiro atoms. The van der Waals surface area contributed by atoms with Gasteiger partial charge in [0.2, 0.25) is 11.9 Å². The molecule has 3 aliphatic rings. The van der Waals surface area contributed by atoms with Gasteiger partial charge in [-0.3, -0.25) is 9.59 Å². The van der Waals surface area contributed by atoms with Crippen LogP contribution in [0.1, 0.15) is 69.7 Å². The van der Waals surface area contributed by atoms with Gasteiger partial charge in [-0.15, -0.1) is 0 Å². The van der Waals surface area contributed by atoms with Gasteiger partial charge >= 0.3 is 6.09 Å². The zero-order chi connectivity index (χ0) is 30.0. The number of benzene rings is 1. The van der Waals surface area contributed by atoms with E-state index in [9.17, 15) is 14.4 Å². The third-order valence-corrected chi connectivity index (χ3v) is 7.97. The lowest BCUT2D eigenvalue weighted by Gasteiger charge is -2.30. The lowest BCUT2D eigenvalue weighted by atomic mass is 10.1. The summed E-state index contributed by atoms with van der Waals surface area (Å²) in [6.07, 6.45) is 6.92. The maximum absolute atomic E-state index is 13.1. The Bertz CT molecular complexity index is 1340. The predicted octanol–water partition coefficient (Wildman–Crippen LogP) is 4.08. The fourth-order valence-corrected chi connectivity index (χ4v) is 5.77. The first-order chi connectivity index (χ1) is 20.0. The Morgan fingerprint density at radius 1 is 1.10 bits per heavy atom. The van der Waals surface area contributed by atoms with Crippen molar-refractivity contribution in [3.63, 3.8) is 0 Å². The number of hydrogen-bond acceptors (Lipinski definition) is 9. The van der Waals surface area contributed by atoms with E-state index < -0.39 is 5.60 Å². The fourth-order valence-electron chi connectivity index (χ4n) is 5.77. The lowest BCUT2D eigenvalue weighted by Crippen LogP contribution is -2.40. The molecule has 2 fully saturated rings. The molecule has 3 amide bonds. The largest absolute Gasteiger partial charge is 0.495 e. The number of carbonyl (C=O) groups excluding carboxylic acids is 3. The van der Waals surface area contributed by atoms with Gasteiger partial charge in [0, 0.05) is 50.7 Å². The van der Waals surface area contributed by atoms with Crippen LogP contribution in [0, 0.1) is 0 Å². The molecule has 0 radical (unpaired) electrons. The Labute approximate surface area is 246 Å². The minimum atomic E-state index is -0.571. The number of aromatic nitrogens is 2. The molecule has 2 N–H and O–H groups in total. The quantitative estimate of drug-likeness (QED) is 0.520. The lowest BCUT2D eigenvalue weighted by molar-refractivity contribution is -0.118. The molecule has 2 aromatic rings. The summed E-state index contributed by atoms with van der Waals surface area (Å²) in [5.74, 6) is 1.38. The third kappa shape index (κ3) is 6.52. The number of anilines is 4. The number of carbonyl (C=O) groups is 3. The maximum Gasteiger partial charge on any atom is 0.410 e. The Morgan fingerprint density at radius 2 is 1.86 bits per heavy atom. The number of likely N-dealkylation sites (tertiary alicyclic amines) is 1.